The van der Waals surface area contributed by atoms with E-state index in [2.05, 4.69) is 36.1 Å². The molecule has 0 unspecified atom stereocenters. The average molecular weight is 423 g/mol. The van der Waals surface area contributed by atoms with Gasteiger partial charge in [-0.2, -0.15) is 0 Å². The van der Waals surface area contributed by atoms with E-state index in [1.54, 1.807) is 0 Å². The zero-order chi connectivity index (χ0) is 15.3. The summed E-state index contributed by atoms with van der Waals surface area (Å²) in [6, 6.07) is 0. The lowest BCUT2D eigenvalue weighted by Crippen LogP contribution is -2.45. The number of guanidine groups is 1. The maximum Gasteiger partial charge on any atom is 0.193 e. The summed E-state index contributed by atoms with van der Waals surface area (Å²) < 4.78 is 0. The molecular formula is C17H34IN3O. The van der Waals surface area contributed by atoms with Gasteiger partial charge in [0, 0.05) is 20.1 Å². The lowest BCUT2D eigenvalue weighted by Gasteiger charge is -2.36. The lowest BCUT2D eigenvalue weighted by atomic mass is 9.80. The molecule has 22 heavy (non-hydrogen) atoms. The first kappa shape index (κ1) is 20.0. The first-order valence-corrected chi connectivity index (χ1v) is 8.74. The summed E-state index contributed by atoms with van der Waals surface area (Å²) >= 11 is 0. The van der Waals surface area contributed by atoms with Crippen molar-refractivity contribution in [2.24, 2.45) is 16.8 Å². The molecule has 4 nitrogen and oxygen atoms in total. The number of halogens is 1. The maximum absolute atomic E-state index is 10.2. The molecule has 2 aliphatic carbocycles. The lowest BCUT2D eigenvalue weighted by molar-refractivity contribution is -0.0237. The van der Waals surface area contributed by atoms with E-state index >= 15 is 0 Å². The topological polar surface area (TPSA) is 47.9 Å². The quantitative estimate of drug-likeness (QED) is 0.406. The number of hydrogen-bond acceptors (Lipinski definition) is 2. The molecule has 2 aliphatic rings. The second-order valence-electron chi connectivity index (χ2n) is 7.25. The van der Waals surface area contributed by atoms with Crippen molar-refractivity contribution in [3.8, 4) is 0 Å². The van der Waals surface area contributed by atoms with Crippen LogP contribution in [-0.4, -0.2) is 48.2 Å². The van der Waals surface area contributed by atoms with Crippen LogP contribution in [0.4, 0.5) is 0 Å². The third kappa shape index (κ3) is 5.87. The summed E-state index contributed by atoms with van der Waals surface area (Å²) in [6.45, 7) is 6.97. The molecule has 5 heteroatoms. The zero-order valence-electron chi connectivity index (χ0n) is 14.5. The van der Waals surface area contributed by atoms with Crippen LogP contribution in [0.5, 0.6) is 0 Å². The molecule has 0 aromatic rings. The number of nitrogens with one attached hydrogen (secondary N) is 1. The summed E-state index contributed by atoms with van der Waals surface area (Å²) in [5, 5.41) is 13.6. The van der Waals surface area contributed by atoms with Gasteiger partial charge in [-0.1, -0.05) is 19.8 Å². The molecule has 0 aliphatic heterocycles. The van der Waals surface area contributed by atoms with Gasteiger partial charge >= 0.3 is 0 Å². The van der Waals surface area contributed by atoms with Crippen LogP contribution in [0.2, 0.25) is 0 Å². The fourth-order valence-electron chi connectivity index (χ4n) is 3.42. The number of rotatable bonds is 5. The fourth-order valence-corrected chi connectivity index (χ4v) is 3.42. The Bertz CT molecular complexity index is 350. The molecule has 0 spiro atoms. The molecule has 0 bridgehead atoms. The van der Waals surface area contributed by atoms with Crippen LogP contribution in [0.3, 0.4) is 0 Å². The van der Waals surface area contributed by atoms with Crippen molar-refractivity contribution in [1.82, 2.24) is 10.2 Å². The van der Waals surface area contributed by atoms with Gasteiger partial charge in [-0.15, -0.1) is 24.0 Å². The van der Waals surface area contributed by atoms with E-state index in [0.717, 1.165) is 50.1 Å². The van der Waals surface area contributed by atoms with E-state index < -0.39 is 5.60 Å². The maximum atomic E-state index is 10.2. The molecule has 0 atom stereocenters. The van der Waals surface area contributed by atoms with Crippen LogP contribution >= 0.6 is 24.0 Å². The minimum atomic E-state index is -0.526. The fraction of sp³-hybridized carbons (Fsp3) is 0.941. The zero-order valence-corrected chi connectivity index (χ0v) is 16.8. The van der Waals surface area contributed by atoms with Gasteiger partial charge in [-0.25, -0.2) is 0 Å². The molecule has 0 radical (unpaired) electrons. The van der Waals surface area contributed by atoms with Crippen molar-refractivity contribution in [2.45, 2.75) is 64.4 Å². The van der Waals surface area contributed by atoms with Crippen molar-refractivity contribution in [1.29, 1.82) is 0 Å². The van der Waals surface area contributed by atoms with Crippen molar-refractivity contribution in [2.75, 3.05) is 26.7 Å². The van der Waals surface area contributed by atoms with Gasteiger partial charge in [-0.3, -0.25) is 4.99 Å². The molecule has 2 rings (SSSR count). The Balaban J connectivity index is 0.00000242. The van der Waals surface area contributed by atoms with E-state index in [4.69, 9.17) is 0 Å². The van der Waals surface area contributed by atoms with Gasteiger partial charge in [0.05, 0.1) is 12.1 Å². The van der Waals surface area contributed by atoms with Gasteiger partial charge in [0.25, 0.3) is 0 Å². The minimum Gasteiger partial charge on any atom is -0.388 e. The number of aliphatic imine (C=N–C) groups is 1. The summed E-state index contributed by atoms with van der Waals surface area (Å²) in [7, 11) is 2.13. The second-order valence-corrected chi connectivity index (χ2v) is 7.25. The average Bonchev–Trinajstić information content (AvgIpc) is 2.43. The molecule has 0 amide bonds. The third-order valence-corrected chi connectivity index (χ3v) is 5.17. The van der Waals surface area contributed by atoms with Crippen LogP contribution in [0.25, 0.3) is 0 Å². The van der Waals surface area contributed by atoms with Gasteiger partial charge in [0.15, 0.2) is 5.96 Å². The molecule has 0 heterocycles. The number of nitrogens with zero attached hydrogens (tertiary/aromatic N) is 2. The minimum absolute atomic E-state index is 0. The Kier molecular flexibility index (Phi) is 8.46. The highest BCUT2D eigenvalue weighted by Crippen LogP contribution is 2.32. The summed E-state index contributed by atoms with van der Waals surface area (Å²) in [4.78, 5) is 6.93. The van der Waals surface area contributed by atoms with Crippen LogP contribution < -0.4 is 5.32 Å². The third-order valence-electron chi connectivity index (χ3n) is 5.17. The molecule has 2 saturated carbocycles. The summed E-state index contributed by atoms with van der Waals surface area (Å²) in [5.41, 5.74) is -0.526. The van der Waals surface area contributed by atoms with E-state index in [1.165, 1.54) is 25.7 Å². The largest absolute Gasteiger partial charge is 0.388 e. The predicted molar refractivity (Wildman–Crippen MR) is 104 cm³/mol. The summed E-state index contributed by atoms with van der Waals surface area (Å²) in [5.74, 6) is 2.65. The molecule has 2 N–H and O–H groups in total. The standard InChI is InChI=1S/C17H33N3O.HI/c1-4-18-16(19-13-17(21)10-5-11-17)20(3)12-15-8-6-14(2)7-9-15;/h14-15,21H,4-13H2,1-3H3,(H,18,19);1H. The highest BCUT2D eigenvalue weighted by atomic mass is 127. The van der Waals surface area contributed by atoms with E-state index in [-0.39, 0.29) is 24.0 Å². The van der Waals surface area contributed by atoms with Crippen LogP contribution in [0.1, 0.15) is 58.8 Å². The molecule has 130 valence electrons. The predicted octanol–water partition coefficient (Wildman–Crippen LogP) is 3.24. The monoisotopic (exact) mass is 423 g/mol. The Morgan fingerprint density at radius 3 is 2.41 bits per heavy atom. The SMILES string of the molecule is CCNC(=NCC1(O)CCC1)N(C)CC1CCC(C)CC1.I. The van der Waals surface area contributed by atoms with Crippen molar-refractivity contribution in [3.05, 3.63) is 0 Å². The van der Waals surface area contributed by atoms with Gasteiger partial charge in [-0.05, 0) is 50.9 Å². The van der Waals surface area contributed by atoms with Gasteiger partial charge in [0.2, 0.25) is 0 Å². The van der Waals surface area contributed by atoms with Crippen molar-refractivity contribution >= 4 is 29.9 Å². The van der Waals surface area contributed by atoms with Crippen molar-refractivity contribution < 1.29 is 5.11 Å². The van der Waals surface area contributed by atoms with E-state index in [1.807, 2.05) is 0 Å². The normalized spacial score (nSPS) is 27.5. The first-order chi connectivity index (χ1) is 10.0. The molecule has 0 aromatic carbocycles. The number of aliphatic hydroxyl groups is 1. The number of hydrogen-bond donors (Lipinski definition) is 2. The Morgan fingerprint density at radius 1 is 1.27 bits per heavy atom. The van der Waals surface area contributed by atoms with Crippen molar-refractivity contribution in [3.63, 3.8) is 0 Å². The van der Waals surface area contributed by atoms with Gasteiger partial charge < -0.3 is 15.3 Å². The molecule has 0 saturated heterocycles. The van der Waals surface area contributed by atoms with E-state index in [0.29, 0.717) is 6.54 Å². The Hall–Kier alpha value is -0.0400. The highest BCUT2D eigenvalue weighted by molar-refractivity contribution is 14.0. The summed E-state index contributed by atoms with van der Waals surface area (Å²) in [6.07, 6.45) is 8.36. The van der Waals surface area contributed by atoms with Crippen LogP contribution in [-0.2, 0) is 0 Å². The second kappa shape index (κ2) is 9.30. The molecule has 2 fully saturated rings. The van der Waals surface area contributed by atoms with Crippen LogP contribution in [0.15, 0.2) is 4.99 Å². The van der Waals surface area contributed by atoms with Crippen LogP contribution in [0, 0.1) is 11.8 Å². The molecule has 0 aromatic heterocycles. The first-order valence-electron chi connectivity index (χ1n) is 8.74. The highest BCUT2D eigenvalue weighted by Gasteiger charge is 2.34. The molecular weight excluding hydrogens is 389 g/mol. The van der Waals surface area contributed by atoms with E-state index in [9.17, 15) is 5.11 Å². The smallest absolute Gasteiger partial charge is 0.193 e. The Morgan fingerprint density at radius 2 is 1.91 bits per heavy atom. The Labute approximate surface area is 153 Å². The van der Waals surface area contributed by atoms with Gasteiger partial charge in [0.1, 0.15) is 0 Å².